The van der Waals surface area contributed by atoms with E-state index in [1.54, 1.807) is 44.6 Å². The molecular formula is C24H19N3O3. The van der Waals surface area contributed by atoms with Crippen molar-refractivity contribution in [3.63, 3.8) is 0 Å². The van der Waals surface area contributed by atoms with Crippen molar-refractivity contribution in [2.24, 2.45) is 0 Å². The molecular weight excluding hydrogens is 378 g/mol. The molecule has 0 saturated heterocycles. The average molecular weight is 397 g/mol. The van der Waals surface area contributed by atoms with Crippen LogP contribution in [0, 0.1) is 11.3 Å². The van der Waals surface area contributed by atoms with Crippen LogP contribution >= 0.6 is 0 Å². The molecule has 3 aromatic carbocycles. The Hall–Kier alpha value is -4.24. The minimum atomic E-state index is -0.249. The molecule has 0 radical (unpaired) electrons. The lowest BCUT2D eigenvalue weighted by molar-refractivity contribution is -0.110. The van der Waals surface area contributed by atoms with Crippen molar-refractivity contribution >= 4 is 28.6 Å². The molecule has 1 aliphatic heterocycles. The fourth-order valence-corrected chi connectivity index (χ4v) is 3.43. The van der Waals surface area contributed by atoms with E-state index >= 15 is 0 Å². The summed E-state index contributed by atoms with van der Waals surface area (Å²) in [6.07, 6.45) is 0. The van der Waals surface area contributed by atoms with Crippen LogP contribution in [0.25, 0.3) is 11.3 Å². The van der Waals surface area contributed by atoms with Crippen molar-refractivity contribution in [1.29, 1.82) is 5.26 Å². The third kappa shape index (κ3) is 3.45. The van der Waals surface area contributed by atoms with E-state index in [1.165, 1.54) is 0 Å². The fourth-order valence-electron chi connectivity index (χ4n) is 3.43. The zero-order valence-corrected chi connectivity index (χ0v) is 16.5. The van der Waals surface area contributed by atoms with Gasteiger partial charge in [-0.3, -0.25) is 4.79 Å². The summed E-state index contributed by atoms with van der Waals surface area (Å²) < 4.78 is 10.8. The standard InChI is InChI=1S/C24H19N3O3/c1-29-20-12-18-19(13-21(20)30-2)27-24(28)22(18)23(26-17-9-4-3-5-10-17)16-8-6-7-15(11-16)14-25/h3-13,26H,1-2H3,(H,27,28). The number of hydrogen-bond acceptors (Lipinski definition) is 5. The van der Waals surface area contributed by atoms with Gasteiger partial charge in [-0.25, -0.2) is 0 Å². The first kappa shape index (κ1) is 19.1. The highest BCUT2D eigenvalue weighted by atomic mass is 16.5. The maximum atomic E-state index is 13.0. The molecule has 0 bridgehead atoms. The van der Waals surface area contributed by atoms with Gasteiger partial charge in [-0.05, 0) is 30.3 Å². The number of carbonyl (C=O) groups excluding carboxylic acids is 1. The number of fused-ring (bicyclic) bond motifs is 1. The summed E-state index contributed by atoms with van der Waals surface area (Å²) in [6.45, 7) is 0. The van der Waals surface area contributed by atoms with Gasteiger partial charge in [0, 0.05) is 22.9 Å². The molecule has 3 aromatic rings. The summed E-state index contributed by atoms with van der Waals surface area (Å²) in [6, 6.07) is 22.4. The van der Waals surface area contributed by atoms with Gasteiger partial charge >= 0.3 is 0 Å². The van der Waals surface area contributed by atoms with Crippen LogP contribution in [0.5, 0.6) is 11.5 Å². The van der Waals surface area contributed by atoms with Gasteiger partial charge in [0.25, 0.3) is 5.91 Å². The van der Waals surface area contributed by atoms with Gasteiger partial charge < -0.3 is 20.1 Å². The van der Waals surface area contributed by atoms with Crippen LogP contribution in [0.4, 0.5) is 11.4 Å². The molecule has 2 N–H and O–H groups in total. The van der Waals surface area contributed by atoms with E-state index in [4.69, 9.17) is 9.47 Å². The zero-order valence-electron chi connectivity index (χ0n) is 16.5. The van der Waals surface area contributed by atoms with Gasteiger partial charge in [0.2, 0.25) is 0 Å². The first-order valence-electron chi connectivity index (χ1n) is 9.29. The van der Waals surface area contributed by atoms with E-state index in [1.807, 2.05) is 36.4 Å². The molecule has 0 aliphatic carbocycles. The second kappa shape index (κ2) is 8.02. The Bertz CT molecular complexity index is 1190. The smallest absolute Gasteiger partial charge is 0.258 e. The largest absolute Gasteiger partial charge is 0.493 e. The third-order valence-electron chi connectivity index (χ3n) is 4.84. The topological polar surface area (TPSA) is 83.4 Å². The number of amides is 1. The number of hydrogen-bond donors (Lipinski definition) is 2. The highest BCUT2D eigenvalue weighted by Crippen LogP contribution is 2.43. The van der Waals surface area contributed by atoms with Gasteiger partial charge in [-0.15, -0.1) is 0 Å². The van der Waals surface area contributed by atoms with E-state index in [2.05, 4.69) is 16.7 Å². The van der Waals surface area contributed by atoms with Crippen LogP contribution in [-0.2, 0) is 4.79 Å². The Morgan fingerprint density at radius 2 is 1.70 bits per heavy atom. The van der Waals surface area contributed by atoms with Gasteiger partial charge in [0.1, 0.15) is 0 Å². The third-order valence-corrected chi connectivity index (χ3v) is 4.84. The van der Waals surface area contributed by atoms with Crippen LogP contribution < -0.4 is 20.1 Å². The van der Waals surface area contributed by atoms with E-state index in [9.17, 15) is 10.1 Å². The Kier molecular flexibility index (Phi) is 5.10. The number of carbonyl (C=O) groups is 1. The molecule has 1 amide bonds. The Balaban J connectivity index is 1.96. The molecule has 0 aromatic heterocycles. The number of methoxy groups -OCH3 is 2. The summed E-state index contributed by atoms with van der Waals surface area (Å²) in [7, 11) is 3.10. The van der Waals surface area contributed by atoms with Gasteiger partial charge in [-0.1, -0.05) is 30.3 Å². The normalized spacial score (nSPS) is 13.7. The fraction of sp³-hybridized carbons (Fsp3) is 0.0833. The quantitative estimate of drug-likeness (QED) is 0.619. The lowest BCUT2D eigenvalue weighted by atomic mass is 9.98. The van der Waals surface area contributed by atoms with Crippen molar-refractivity contribution in [2.75, 3.05) is 24.9 Å². The molecule has 6 heteroatoms. The zero-order chi connectivity index (χ0) is 21.1. The van der Waals surface area contributed by atoms with Gasteiger partial charge in [-0.2, -0.15) is 5.26 Å². The Labute approximate surface area is 174 Å². The van der Waals surface area contributed by atoms with Crippen molar-refractivity contribution in [1.82, 2.24) is 0 Å². The molecule has 0 unspecified atom stereocenters. The number of nitriles is 1. The predicted octanol–water partition coefficient (Wildman–Crippen LogP) is 4.51. The second-order valence-electron chi connectivity index (χ2n) is 6.64. The number of para-hydroxylation sites is 1. The van der Waals surface area contributed by atoms with Crippen LogP contribution in [0.2, 0.25) is 0 Å². The molecule has 30 heavy (non-hydrogen) atoms. The number of rotatable bonds is 5. The van der Waals surface area contributed by atoms with Crippen molar-refractivity contribution in [3.05, 3.63) is 83.4 Å². The molecule has 0 atom stereocenters. The summed E-state index contributed by atoms with van der Waals surface area (Å²) in [5.74, 6) is 0.804. The lowest BCUT2D eigenvalue weighted by Gasteiger charge is -2.15. The number of benzene rings is 3. The number of nitrogens with one attached hydrogen (secondary N) is 2. The lowest BCUT2D eigenvalue weighted by Crippen LogP contribution is -2.10. The highest BCUT2D eigenvalue weighted by Gasteiger charge is 2.30. The molecule has 6 nitrogen and oxygen atoms in total. The summed E-state index contributed by atoms with van der Waals surface area (Å²) in [5, 5.41) is 15.6. The van der Waals surface area contributed by atoms with Crippen LogP contribution in [0.15, 0.2) is 66.7 Å². The SMILES string of the molecule is COc1cc2c(cc1OC)C(=C(Nc1ccccc1)c1cccc(C#N)c1)C(=O)N2. The minimum Gasteiger partial charge on any atom is -0.493 e. The van der Waals surface area contributed by atoms with Crippen molar-refractivity contribution in [3.8, 4) is 17.6 Å². The van der Waals surface area contributed by atoms with E-state index in [-0.39, 0.29) is 5.91 Å². The molecule has 1 heterocycles. The maximum absolute atomic E-state index is 13.0. The molecule has 0 saturated carbocycles. The van der Waals surface area contributed by atoms with Crippen molar-refractivity contribution < 1.29 is 14.3 Å². The summed E-state index contributed by atoms with van der Waals surface area (Å²) in [5.41, 5.74) is 4.45. The second-order valence-corrected chi connectivity index (χ2v) is 6.64. The van der Waals surface area contributed by atoms with Crippen molar-refractivity contribution in [2.45, 2.75) is 0 Å². The monoisotopic (exact) mass is 397 g/mol. The number of anilines is 2. The molecule has 0 spiro atoms. The number of nitrogens with zero attached hydrogens (tertiary/aromatic N) is 1. The first-order chi connectivity index (χ1) is 14.6. The Morgan fingerprint density at radius 1 is 0.967 bits per heavy atom. The van der Waals surface area contributed by atoms with Gasteiger partial charge in [0.05, 0.1) is 42.8 Å². The molecule has 1 aliphatic rings. The van der Waals surface area contributed by atoms with Crippen LogP contribution in [0.1, 0.15) is 16.7 Å². The Morgan fingerprint density at radius 3 is 2.40 bits per heavy atom. The average Bonchev–Trinajstić information content (AvgIpc) is 3.11. The summed E-state index contributed by atoms with van der Waals surface area (Å²) in [4.78, 5) is 13.0. The highest BCUT2D eigenvalue weighted by molar-refractivity contribution is 6.37. The van der Waals surface area contributed by atoms with E-state index in [0.717, 1.165) is 11.3 Å². The maximum Gasteiger partial charge on any atom is 0.258 e. The minimum absolute atomic E-state index is 0.249. The molecule has 4 rings (SSSR count). The summed E-state index contributed by atoms with van der Waals surface area (Å²) >= 11 is 0. The van der Waals surface area contributed by atoms with E-state index in [0.29, 0.717) is 39.6 Å². The first-order valence-corrected chi connectivity index (χ1v) is 9.29. The van der Waals surface area contributed by atoms with Crippen LogP contribution in [-0.4, -0.2) is 20.1 Å². The van der Waals surface area contributed by atoms with E-state index < -0.39 is 0 Å². The number of ether oxygens (including phenoxy) is 2. The van der Waals surface area contributed by atoms with Crippen LogP contribution in [0.3, 0.4) is 0 Å². The molecule has 148 valence electrons. The predicted molar refractivity (Wildman–Crippen MR) is 116 cm³/mol. The molecule has 0 fully saturated rings. The van der Waals surface area contributed by atoms with Gasteiger partial charge in [0.15, 0.2) is 11.5 Å².